The van der Waals surface area contributed by atoms with Crippen LogP contribution in [0.5, 0.6) is 5.75 Å². The molecule has 2 heterocycles. The summed E-state index contributed by atoms with van der Waals surface area (Å²) in [7, 11) is 1.75. The topological polar surface area (TPSA) is 28.6 Å². The van der Waals surface area contributed by atoms with Crippen molar-refractivity contribution in [3.05, 3.63) is 65.2 Å². The van der Waals surface area contributed by atoms with E-state index >= 15 is 0 Å². The van der Waals surface area contributed by atoms with Crippen LogP contribution in [0.4, 0.5) is 5.69 Å². The Morgan fingerprint density at radius 1 is 1.00 bits per heavy atom. The van der Waals surface area contributed by atoms with Crippen molar-refractivity contribution in [2.75, 3.05) is 38.2 Å². The van der Waals surface area contributed by atoms with Gasteiger partial charge in [0.15, 0.2) is 0 Å². The third-order valence-corrected chi connectivity index (χ3v) is 6.19. The van der Waals surface area contributed by atoms with Crippen molar-refractivity contribution >= 4 is 17.0 Å². The summed E-state index contributed by atoms with van der Waals surface area (Å²) >= 11 is 1.74. The van der Waals surface area contributed by atoms with Crippen LogP contribution >= 0.6 is 11.3 Å². The van der Waals surface area contributed by atoms with Gasteiger partial charge in [-0.25, -0.2) is 4.98 Å². The number of methoxy groups -OCH3 is 1. The molecule has 0 amide bonds. The lowest BCUT2D eigenvalue weighted by molar-refractivity contribution is 0.282. The first-order valence-electron chi connectivity index (χ1n) is 9.85. The molecule has 1 aliphatic rings. The molecule has 0 N–H and O–H groups in total. The van der Waals surface area contributed by atoms with Gasteiger partial charge < -0.3 is 9.64 Å². The Bertz CT molecular complexity index is 906. The number of nitrogens with zero attached hydrogens (tertiary/aromatic N) is 3. The number of hydrogen-bond acceptors (Lipinski definition) is 5. The first-order valence-corrected chi connectivity index (χ1v) is 10.7. The van der Waals surface area contributed by atoms with Gasteiger partial charge in [-0.3, -0.25) is 4.90 Å². The fraction of sp³-hybridized carbons (Fsp3) is 0.348. The van der Waals surface area contributed by atoms with Crippen LogP contribution in [0.25, 0.3) is 10.6 Å². The molecule has 4 rings (SSSR count). The Morgan fingerprint density at radius 3 is 2.64 bits per heavy atom. The van der Waals surface area contributed by atoms with Crippen LogP contribution < -0.4 is 9.64 Å². The zero-order valence-corrected chi connectivity index (χ0v) is 17.4. The van der Waals surface area contributed by atoms with E-state index < -0.39 is 0 Å². The van der Waals surface area contributed by atoms with Crippen molar-refractivity contribution in [3.63, 3.8) is 0 Å². The average molecular weight is 394 g/mol. The van der Waals surface area contributed by atoms with Crippen LogP contribution in [0.3, 0.4) is 0 Å². The number of ether oxygens (including phenoxy) is 1. The SMILES string of the molecule is COc1ccccc1N1CCCN(Cc2csc(-c3ccc(C)cc3)n2)CC1. The second kappa shape index (κ2) is 8.76. The highest BCUT2D eigenvalue weighted by Crippen LogP contribution is 2.29. The maximum absolute atomic E-state index is 5.55. The van der Waals surface area contributed by atoms with E-state index in [1.165, 1.54) is 22.5 Å². The van der Waals surface area contributed by atoms with Crippen LogP contribution in [0.15, 0.2) is 53.9 Å². The van der Waals surface area contributed by atoms with Crippen molar-refractivity contribution in [1.82, 2.24) is 9.88 Å². The number of anilines is 1. The molecular formula is C23H27N3OS. The van der Waals surface area contributed by atoms with E-state index in [9.17, 15) is 0 Å². The van der Waals surface area contributed by atoms with E-state index in [0.717, 1.165) is 49.9 Å². The van der Waals surface area contributed by atoms with E-state index in [1.54, 1.807) is 18.4 Å². The average Bonchev–Trinajstić information content (AvgIpc) is 3.06. The van der Waals surface area contributed by atoms with Crippen molar-refractivity contribution in [2.24, 2.45) is 0 Å². The Morgan fingerprint density at radius 2 is 1.82 bits per heavy atom. The molecule has 28 heavy (non-hydrogen) atoms. The Balaban J connectivity index is 1.39. The molecule has 1 saturated heterocycles. The molecule has 0 spiro atoms. The van der Waals surface area contributed by atoms with Gasteiger partial charge in [-0.05, 0) is 25.5 Å². The number of hydrogen-bond donors (Lipinski definition) is 0. The molecule has 0 saturated carbocycles. The van der Waals surface area contributed by atoms with Gasteiger partial charge in [0.25, 0.3) is 0 Å². The third kappa shape index (κ3) is 4.37. The third-order valence-electron chi connectivity index (χ3n) is 5.25. The van der Waals surface area contributed by atoms with Crippen LogP contribution in [0.2, 0.25) is 0 Å². The van der Waals surface area contributed by atoms with Gasteiger partial charge in [0, 0.05) is 43.7 Å². The quantitative estimate of drug-likeness (QED) is 0.620. The summed E-state index contributed by atoms with van der Waals surface area (Å²) < 4.78 is 5.55. The molecule has 5 heteroatoms. The first-order chi connectivity index (χ1) is 13.7. The molecule has 1 fully saturated rings. The van der Waals surface area contributed by atoms with E-state index in [0.29, 0.717) is 0 Å². The van der Waals surface area contributed by atoms with Gasteiger partial charge in [-0.1, -0.05) is 42.0 Å². The maximum atomic E-state index is 5.55. The molecule has 146 valence electrons. The molecular weight excluding hydrogens is 366 g/mol. The second-order valence-electron chi connectivity index (χ2n) is 7.30. The number of rotatable bonds is 5. The summed E-state index contributed by atoms with van der Waals surface area (Å²) in [6.45, 7) is 7.24. The van der Waals surface area contributed by atoms with E-state index in [-0.39, 0.29) is 0 Å². The number of aryl methyl sites for hydroxylation is 1. The minimum absolute atomic E-state index is 0.919. The summed E-state index contributed by atoms with van der Waals surface area (Å²) in [6, 6.07) is 16.9. The largest absolute Gasteiger partial charge is 0.495 e. The highest BCUT2D eigenvalue weighted by atomic mass is 32.1. The Kier molecular flexibility index (Phi) is 5.93. The van der Waals surface area contributed by atoms with Gasteiger partial charge in [-0.2, -0.15) is 0 Å². The lowest BCUT2D eigenvalue weighted by atomic mass is 10.2. The highest BCUT2D eigenvalue weighted by molar-refractivity contribution is 7.13. The summed E-state index contributed by atoms with van der Waals surface area (Å²) in [5, 5.41) is 3.32. The number of para-hydroxylation sites is 2. The minimum Gasteiger partial charge on any atom is -0.495 e. The second-order valence-corrected chi connectivity index (χ2v) is 8.16. The van der Waals surface area contributed by atoms with Gasteiger partial charge in [0.2, 0.25) is 0 Å². The van der Waals surface area contributed by atoms with Crippen molar-refractivity contribution in [3.8, 4) is 16.3 Å². The molecule has 1 aliphatic heterocycles. The Labute approximate surface area is 171 Å². The summed E-state index contributed by atoms with van der Waals surface area (Å²) in [5.41, 5.74) is 4.86. The normalized spacial score (nSPS) is 15.4. The first kappa shape index (κ1) is 19.0. The molecule has 1 aromatic heterocycles. The van der Waals surface area contributed by atoms with E-state index in [2.05, 4.69) is 58.5 Å². The fourth-order valence-electron chi connectivity index (χ4n) is 3.70. The van der Waals surface area contributed by atoms with Crippen LogP contribution in [0, 0.1) is 6.92 Å². The van der Waals surface area contributed by atoms with Crippen LogP contribution in [-0.4, -0.2) is 43.2 Å². The Hall–Kier alpha value is -2.37. The summed E-state index contributed by atoms with van der Waals surface area (Å²) in [5.74, 6) is 0.957. The standard InChI is InChI=1S/C23H27N3OS/c1-18-8-10-19(11-9-18)23-24-20(17-28-23)16-25-12-5-13-26(15-14-25)21-6-3-4-7-22(21)27-2/h3-4,6-11,17H,5,12-16H2,1-2H3. The monoisotopic (exact) mass is 393 g/mol. The maximum Gasteiger partial charge on any atom is 0.142 e. The predicted molar refractivity (Wildman–Crippen MR) is 117 cm³/mol. The van der Waals surface area contributed by atoms with Gasteiger partial charge in [0.05, 0.1) is 18.5 Å². The summed E-state index contributed by atoms with van der Waals surface area (Å²) in [4.78, 5) is 9.84. The smallest absolute Gasteiger partial charge is 0.142 e. The highest BCUT2D eigenvalue weighted by Gasteiger charge is 2.18. The van der Waals surface area contributed by atoms with Gasteiger partial charge in [0.1, 0.15) is 10.8 Å². The number of aromatic nitrogens is 1. The van der Waals surface area contributed by atoms with E-state index in [4.69, 9.17) is 9.72 Å². The molecule has 3 aromatic rings. The van der Waals surface area contributed by atoms with Gasteiger partial charge in [-0.15, -0.1) is 11.3 Å². The van der Waals surface area contributed by atoms with Crippen LogP contribution in [-0.2, 0) is 6.54 Å². The number of thiazole rings is 1. The lowest BCUT2D eigenvalue weighted by Crippen LogP contribution is -2.30. The van der Waals surface area contributed by atoms with E-state index in [1.807, 2.05) is 12.1 Å². The van der Waals surface area contributed by atoms with Gasteiger partial charge >= 0.3 is 0 Å². The molecule has 0 aliphatic carbocycles. The molecule has 0 radical (unpaired) electrons. The molecule has 0 bridgehead atoms. The summed E-state index contributed by atoms with van der Waals surface area (Å²) in [6.07, 6.45) is 1.15. The number of benzene rings is 2. The molecule has 0 unspecified atom stereocenters. The molecule has 0 atom stereocenters. The van der Waals surface area contributed by atoms with Crippen LogP contribution in [0.1, 0.15) is 17.7 Å². The zero-order valence-electron chi connectivity index (χ0n) is 16.6. The molecule has 2 aromatic carbocycles. The van der Waals surface area contributed by atoms with Crippen molar-refractivity contribution < 1.29 is 4.74 Å². The predicted octanol–water partition coefficient (Wildman–Crippen LogP) is 4.84. The minimum atomic E-state index is 0.919. The molecule has 4 nitrogen and oxygen atoms in total. The zero-order chi connectivity index (χ0) is 19.3. The lowest BCUT2D eigenvalue weighted by Gasteiger charge is -2.25. The van der Waals surface area contributed by atoms with Crippen molar-refractivity contribution in [2.45, 2.75) is 19.9 Å². The fourth-order valence-corrected chi connectivity index (χ4v) is 4.52. The van der Waals surface area contributed by atoms with Crippen molar-refractivity contribution in [1.29, 1.82) is 0 Å².